The molecule has 8 aromatic carbocycles. The Hall–Kier alpha value is -7.95. The molecule has 0 saturated carbocycles. The zero-order valence-electron chi connectivity index (χ0n) is 35.2. The van der Waals surface area contributed by atoms with E-state index >= 15 is 0 Å². The van der Waals surface area contributed by atoms with E-state index in [9.17, 15) is 0 Å². The highest BCUT2D eigenvalue weighted by Gasteiger charge is 2.51. The number of benzene rings is 8. The third-order valence-electron chi connectivity index (χ3n) is 14.1. The highest BCUT2D eigenvalue weighted by atomic mass is 15.0. The van der Waals surface area contributed by atoms with Gasteiger partial charge in [-0.05, 0) is 76.1 Å². The molecule has 64 heavy (non-hydrogen) atoms. The van der Waals surface area contributed by atoms with Crippen molar-refractivity contribution >= 4 is 33.8 Å². The highest BCUT2D eigenvalue weighted by Crippen LogP contribution is 2.60. The van der Waals surface area contributed by atoms with Gasteiger partial charge in [0.15, 0.2) is 17.5 Å². The first-order valence-electron chi connectivity index (χ1n) is 22.4. The summed E-state index contributed by atoms with van der Waals surface area (Å²) in [4.78, 5) is 15.4. The van der Waals surface area contributed by atoms with Crippen molar-refractivity contribution in [2.24, 2.45) is 5.92 Å². The molecule has 0 spiro atoms. The SMILES string of the molecule is C1=CC(C2(C3=Cc4c(n(-c5cccc6ccccc56)c5cc(-c6nc(-c7ccccc7)nc(-c7ccccc7)n6)ccc45)CC3)c3ccccc3-c3ccccc32)Cc2ccccc21. The van der Waals surface area contributed by atoms with Crippen LogP contribution < -0.4 is 0 Å². The summed E-state index contributed by atoms with van der Waals surface area (Å²) in [6.45, 7) is 0. The van der Waals surface area contributed by atoms with E-state index in [1.807, 2.05) is 36.4 Å². The second-order valence-electron chi connectivity index (χ2n) is 17.4. The predicted molar refractivity (Wildman–Crippen MR) is 262 cm³/mol. The van der Waals surface area contributed by atoms with Gasteiger partial charge in [-0.1, -0.05) is 206 Å². The quantitative estimate of drug-likeness (QED) is 0.168. The molecule has 4 heteroatoms. The van der Waals surface area contributed by atoms with Crippen molar-refractivity contribution in [1.29, 1.82) is 0 Å². The fourth-order valence-electron chi connectivity index (χ4n) is 11.3. The topological polar surface area (TPSA) is 43.6 Å². The maximum Gasteiger partial charge on any atom is 0.164 e. The molecule has 0 radical (unpaired) electrons. The van der Waals surface area contributed by atoms with Gasteiger partial charge in [-0.25, -0.2) is 15.0 Å². The molecule has 2 aromatic heterocycles. The molecule has 1 unspecified atom stereocenters. The number of nitrogens with zero attached hydrogens (tertiary/aromatic N) is 4. The van der Waals surface area contributed by atoms with Gasteiger partial charge in [0.05, 0.1) is 11.2 Å². The summed E-state index contributed by atoms with van der Waals surface area (Å²) in [5, 5.41) is 3.67. The Morgan fingerprint density at radius 3 is 1.84 bits per heavy atom. The minimum atomic E-state index is -0.338. The van der Waals surface area contributed by atoms with E-state index in [-0.39, 0.29) is 11.3 Å². The summed E-state index contributed by atoms with van der Waals surface area (Å²) >= 11 is 0. The summed E-state index contributed by atoms with van der Waals surface area (Å²) in [5.41, 5.74) is 17.2. The maximum absolute atomic E-state index is 5.17. The maximum atomic E-state index is 5.17. The number of hydrogen-bond acceptors (Lipinski definition) is 3. The minimum Gasteiger partial charge on any atom is -0.312 e. The Labute approximate surface area is 372 Å². The molecule has 0 saturated heterocycles. The van der Waals surface area contributed by atoms with Crippen molar-refractivity contribution in [1.82, 2.24) is 19.5 Å². The second kappa shape index (κ2) is 14.6. The van der Waals surface area contributed by atoms with Crippen LogP contribution in [0.3, 0.4) is 0 Å². The van der Waals surface area contributed by atoms with Crippen LogP contribution in [0.2, 0.25) is 0 Å². The van der Waals surface area contributed by atoms with Crippen LogP contribution in [-0.2, 0) is 18.3 Å². The fourth-order valence-corrected chi connectivity index (χ4v) is 11.3. The number of fused-ring (bicyclic) bond motifs is 8. The summed E-state index contributed by atoms with van der Waals surface area (Å²) in [6.07, 6.45) is 10.3. The highest BCUT2D eigenvalue weighted by molar-refractivity contribution is 6.00. The van der Waals surface area contributed by atoms with Gasteiger partial charge < -0.3 is 4.57 Å². The Kier molecular flexibility index (Phi) is 8.35. The zero-order chi connectivity index (χ0) is 42.2. The summed E-state index contributed by atoms with van der Waals surface area (Å²) in [5.74, 6) is 2.20. The zero-order valence-corrected chi connectivity index (χ0v) is 35.2. The first-order chi connectivity index (χ1) is 31.7. The molecule has 302 valence electrons. The molecule has 0 aliphatic heterocycles. The Morgan fingerprint density at radius 1 is 0.500 bits per heavy atom. The molecule has 2 heterocycles. The molecular weight excluding hydrogens is 777 g/mol. The van der Waals surface area contributed by atoms with E-state index in [1.54, 1.807) is 0 Å². The molecule has 4 nitrogen and oxygen atoms in total. The Bertz CT molecular complexity index is 3430. The summed E-state index contributed by atoms with van der Waals surface area (Å²) < 4.78 is 2.54. The van der Waals surface area contributed by atoms with E-state index < -0.39 is 0 Å². The van der Waals surface area contributed by atoms with Gasteiger partial charge in [0.2, 0.25) is 0 Å². The normalized spacial score (nSPS) is 15.6. The first kappa shape index (κ1) is 36.7. The molecule has 0 N–H and O–H groups in total. The average Bonchev–Trinajstić information content (AvgIpc) is 3.86. The van der Waals surface area contributed by atoms with E-state index in [0.29, 0.717) is 17.5 Å². The van der Waals surface area contributed by atoms with Crippen LogP contribution in [0.25, 0.3) is 84.8 Å². The third kappa shape index (κ3) is 5.58. The van der Waals surface area contributed by atoms with Gasteiger partial charge in [0, 0.05) is 44.1 Å². The molecule has 13 rings (SSSR count). The van der Waals surface area contributed by atoms with Gasteiger partial charge in [0.25, 0.3) is 0 Å². The standard InChI is InChI=1S/C60H42N4/c1-3-18-41(19-4-1)57-61-58(42-20-5-2-6-21-42)63-59(62-57)44-31-34-50-51-38-46(33-35-55(51)64(56(50)37-44)54-29-15-23-40-17-9-10-24-47(40)54)60(45-32-30-39-16-7-8-22-43(39)36-45)52-27-13-11-25-48(52)49-26-12-14-28-53(49)60/h1-32,34,37-38,45H,33,35-36H2. The van der Waals surface area contributed by atoms with E-state index in [2.05, 4.69) is 181 Å². The average molecular weight is 819 g/mol. The van der Waals surface area contributed by atoms with Gasteiger partial charge in [0.1, 0.15) is 0 Å². The van der Waals surface area contributed by atoms with Gasteiger partial charge in [-0.2, -0.15) is 0 Å². The van der Waals surface area contributed by atoms with Crippen molar-refractivity contribution in [3.63, 3.8) is 0 Å². The van der Waals surface area contributed by atoms with Gasteiger partial charge >= 0.3 is 0 Å². The van der Waals surface area contributed by atoms with Crippen LogP contribution in [0.5, 0.6) is 0 Å². The van der Waals surface area contributed by atoms with Crippen LogP contribution in [0.15, 0.2) is 206 Å². The number of hydrogen-bond donors (Lipinski definition) is 0. The lowest BCUT2D eigenvalue weighted by atomic mass is 9.59. The van der Waals surface area contributed by atoms with Crippen LogP contribution in [0.1, 0.15) is 39.9 Å². The van der Waals surface area contributed by atoms with Crippen molar-refractivity contribution in [2.75, 3.05) is 0 Å². The van der Waals surface area contributed by atoms with Gasteiger partial charge in [-0.3, -0.25) is 0 Å². The lowest BCUT2D eigenvalue weighted by molar-refractivity contribution is 0.431. The largest absolute Gasteiger partial charge is 0.312 e. The fraction of sp³-hybridized carbons (Fsp3) is 0.0833. The van der Waals surface area contributed by atoms with Crippen LogP contribution in [0, 0.1) is 5.92 Å². The van der Waals surface area contributed by atoms with E-state index in [4.69, 9.17) is 15.0 Å². The molecule has 3 aliphatic carbocycles. The Morgan fingerprint density at radius 2 is 1.11 bits per heavy atom. The lowest BCUT2D eigenvalue weighted by Crippen LogP contribution is -2.39. The smallest absolute Gasteiger partial charge is 0.164 e. The van der Waals surface area contributed by atoms with Gasteiger partial charge in [-0.15, -0.1) is 0 Å². The molecule has 1 atom stereocenters. The van der Waals surface area contributed by atoms with Crippen molar-refractivity contribution in [3.05, 3.63) is 239 Å². The van der Waals surface area contributed by atoms with Crippen molar-refractivity contribution in [3.8, 4) is 51.0 Å². The molecule has 0 amide bonds. The lowest BCUT2D eigenvalue weighted by Gasteiger charge is -2.43. The monoisotopic (exact) mass is 818 g/mol. The molecule has 0 fully saturated rings. The molecule has 0 bridgehead atoms. The number of rotatable bonds is 6. The second-order valence-corrected chi connectivity index (χ2v) is 17.4. The van der Waals surface area contributed by atoms with E-state index in [1.165, 1.54) is 72.1 Å². The minimum absolute atomic E-state index is 0.236. The summed E-state index contributed by atoms with van der Waals surface area (Å²) in [7, 11) is 0. The third-order valence-corrected chi connectivity index (χ3v) is 14.1. The van der Waals surface area contributed by atoms with Crippen LogP contribution >= 0.6 is 0 Å². The van der Waals surface area contributed by atoms with Crippen molar-refractivity contribution in [2.45, 2.75) is 24.7 Å². The van der Waals surface area contributed by atoms with Crippen LogP contribution in [-0.4, -0.2) is 19.5 Å². The summed E-state index contributed by atoms with van der Waals surface area (Å²) in [6, 6.07) is 70.1. The van der Waals surface area contributed by atoms with Crippen LogP contribution in [0.4, 0.5) is 0 Å². The predicted octanol–water partition coefficient (Wildman–Crippen LogP) is 14.2. The van der Waals surface area contributed by atoms with Crippen molar-refractivity contribution < 1.29 is 0 Å². The first-order valence-corrected chi connectivity index (χ1v) is 22.4. The number of aromatic nitrogens is 4. The molecule has 10 aromatic rings. The molecule has 3 aliphatic rings. The Balaban J connectivity index is 1.06. The number of allylic oxidation sites excluding steroid dienone is 2. The van der Waals surface area contributed by atoms with E-state index in [0.717, 1.165) is 41.5 Å². The molecular formula is C60H42N4.